The fraction of sp³-hybridized carbons (Fsp3) is 0.533. The topological polar surface area (TPSA) is 46.3 Å². The highest BCUT2D eigenvalue weighted by molar-refractivity contribution is 9.10. The van der Waals surface area contributed by atoms with Gasteiger partial charge in [0.05, 0.1) is 0 Å². The maximum Gasteiger partial charge on any atom is 0.253 e. The number of hydrogen-bond donors (Lipinski definition) is 1. The minimum atomic E-state index is 0. The van der Waals surface area contributed by atoms with E-state index in [-0.39, 0.29) is 24.4 Å². The van der Waals surface area contributed by atoms with Crippen LogP contribution in [0.4, 0.5) is 0 Å². The van der Waals surface area contributed by atoms with Gasteiger partial charge >= 0.3 is 0 Å². The first kappa shape index (κ1) is 15.8. The van der Waals surface area contributed by atoms with Crippen molar-refractivity contribution in [3.63, 3.8) is 0 Å². The van der Waals surface area contributed by atoms with Gasteiger partial charge in [0.1, 0.15) is 0 Å². The van der Waals surface area contributed by atoms with Crippen LogP contribution in [0.1, 0.15) is 28.8 Å². The monoisotopic (exact) mass is 358 g/mol. The summed E-state index contributed by atoms with van der Waals surface area (Å²) in [5.41, 5.74) is 8.01. The minimum absolute atomic E-state index is 0. The van der Waals surface area contributed by atoms with Crippen molar-refractivity contribution < 1.29 is 4.79 Å². The number of halogens is 2. The van der Waals surface area contributed by atoms with E-state index in [1.807, 2.05) is 30.0 Å². The first-order chi connectivity index (χ1) is 9.06. The van der Waals surface area contributed by atoms with E-state index >= 15 is 0 Å². The minimum Gasteiger partial charge on any atom is -0.338 e. The summed E-state index contributed by atoms with van der Waals surface area (Å²) >= 11 is 3.47. The molecule has 1 heterocycles. The number of hydrogen-bond acceptors (Lipinski definition) is 2. The number of carbonyl (C=O) groups excluding carboxylic acids is 1. The highest BCUT2D eigenvalue weighted by atomic mass is 79.9. The van der Waals surface area contributed by atoms with E-state index in [0.29, 0.717) is 11.8 Å². The van der Waals surface area contributed by atoms with Crippen molar-refractivity contribution in [2.45, 2.75) is 25.8 Å². The molecule has 2 aliphatic rings. The second kappa shape index (κ2) is 6.04. The zero-order chi connectivity index (χ0) is 13.6. The summed E-state index contributed by atoms with van der Waals surface area (Å²) in [6.07, 6.45) is 2.30. The summed E-state index contributed by atoms with van der Waals surface area (Å²) < 4.78 is 1.05. The average molecular weight is 360 g/mol. The molecule has 1 aliphatic heterocycles. The van der Waals surface area contributed by atoms with Crippen LogP contribution in [0.3, 0.4) is 0 Å². The molecule has 1 amide bonds. The normalized spacial score (nSPS) is 28.1. The van der Waals surface area contributed by atoms with Crippen LogP contribution in [0.2, 0.25) is 0 Å². The molecule has 2 fully saturated rings. The molecule has 3 atom stereocenters. The van der Waals surface area contributed by atoms with E-state index in [4.69, 9.17) is 5.73 Å². The van der Waals surface area contributed by atoms with Gasteiger partial charge in [-0.3, -0.25) is 4.79 Å². The molecule has 3 unspecified atom stereocenters. The molecule has 110 valence electrons. The molecule has 0 spiro atoms. The Morgan fingerprint density at radius 2 is 2.10 bits per heavy atom. The zero-order valence-electron chi connectivity index (χ0n) is 11.5. The molecule has 0 radical (unpaired) electrons. The van der Waals surface area contributed by atoms with Gasteiger partial charge in [0.15, 0.2) is 0 Å². The number of aryl methyl sites for hydroxylation is 1. The quantitative estimate of drug-likeness (QED) is 0.838. The Morgan fingerprint density at radius 3 is 2.75 bits per heavy atom. The fourth-order valence-electron chi connectivity index (χ4n) is 3.43. The van der Waals surface area contributed by atoms with Gasteiger partial charge in [-0.05, 0) is 55.4 Å². The van der Waals surface area contributed by atoms with Gasteiger partial charge in [0.25, 0.3) is 5.91 Å². The highest BCUT2D eigenvalue weighted by Gasteiger charge is 2.42. The third kappa shape index (κ3) is 2.74. The molecule has 20 heavy (non-hydrogen) atoms. The smallest absolute Gasteiger partial charge is 0.253 e. The first-order valence-corrected chi connectivity index (χ1v) is 7.66. The van der Waals surface area contributed by atoms with Crippen molar-refractivity contribution in [2.24, 2.45) is 17.6 Å². The lowest BCUT2D eigenvalue weighted by molar-refractivity contribution is 0.0779. The van der Waals surface area contributed by atoms with Crippen molar-refractivity contribution in [3.8, 4) is 0 Å². The molecule has 5 heteroatoms. The summed E-state index contributed by atoms with van der Waals surface area (Å²) in [6, 6.07) is 6.09. The van der Waals surface area contributed by atoms with Crippen LogP contribution in [-0.4, -0.2) is 29.9 Å². The van der Waals surface area contributed by atoms with Gasteiger partial charge in [-0.25, -0.2) is 0 Å². The largest absolute Gasteiger partial charge is 0.338 e. The average Bonchev–Trinajstić information content (AvgIpc) is 2.95. The van der Waals surface area contributed by atoms with E-state index in [1.54, 1.807) is 0 Å². The standard InChI is InChI=1S/C15H19BrN2O.ClH/c1-9-6-10(2-4-13(9)16)15(19)18-7-11-3-5-14(17)12(11)8-18;/h2,4,6,11-12,14H,3,5,7-8,17H2,1H3;1H. The van der Waals surface area contributed by atoms with Crippen LogP contribution in [0, 0.1) is 18.8 Å². The lowest BCUT2D eigenvalue weighted by Crippen LogP contribution is -2.33. The van der Waals surface area contributed by atoms with Gasteiger partial charge in [0.2, 0.25) is 0 Å². The molecule has 2 N–H and O–H groups in total. The molecule has 1 saturated heterocycles. The number of amides is 1. The Kier molecular flexibility index (Phi) is 4.77. The van der Waals surface area contributed by atoms with E-state index in [1.165, 1.54) is 6.42 Å². The number of rotatable bonds is 1. The molecule has 0 bridgehead atoms. The molecule has 1 saturated carbocycles. The van der Waals surface area contributed by atoms with Crippen LogP contribution >= 0.6 is 28.3 Å². The van der Waals surface area contributed by atoms with Crippen LogP contribution in [0.15, 0.2) is 22.7 Å². The SMILES string of the molecule is Cc1cc(C(=O)N2CC3CCC(N)C3C2)ccc1Br.Cl. The maximum atomic E-state index is 12.5. The van der Waals surface area contributed by atoms with Crippen molar-refractivity contribution in [1.82, 2.24) is 4.90 Å². The van der Waals surface area contributed by atoms with Gasteiger partial charge in [0, 0.05) is 29.2 Å². The lowest BCUT2D eigenvalue weighted by Gasteiger charge is -2.19. The zero-order valence-corrected chi connectivity index (χ0v) is 13.9. The Bertz CT molecular complexity index is 523. The first-order valence-electron chi connectivity index (χ1n) is 6.87. The summed E-state index contributed by atoms with van der Waals surface area (Å²) in [6.45, 7) is 3.72. The molecule has 1 aromatic rings. The van der Waals surface area contributed by atoms with Crippen LogP contribution < -0.4 is 5.73 Å². The van der Waals surface area contributed by atoms with Gasteiger partial charge in [-0.1, -0.05) is 15.9 Å². The van der Waals surface area contributed by atoms with Crippen LogP contribution in [0.25, 0.3) is 0 Å². The molecule has 3 nitrogen and oxygen atoms in total. The summed E-state index contributed by atoms with van der Waals surface area (Å²) in [7, 11) is 0. The number of nitrogens with zero attached hydrogens (tertiary/aromatic N) is 1. The van der Waals surface area contributed by atoms with Gasteiger partial charge < -0.3 is 10.6 Å². The third-order valence-corrected chi connectivity index (χ3v) is 5.49. The second-order valence-corrected chi connectivity index (χ2v) is 6.69. The predicted octanol–water partition coefficient (Wildman–Crippen LogP) is 2.99. The highest BCUT2D eigenvalue weighted by Crippen LogP contribution is 2.37. The Balaban J connectivity index is 0.00000147. The van der Waals surface area contributed by atoms with Crippen molar-refractivity contribution in [2.75, 3.05) is 13.1 Å². The molecule has 1 aliphatic carbocycles. The molecular formula is C15H20BrClN2O. The van der Waals surface area contributed by atoms with Crippen molar-refractivity contribution >= 4 is 34.2 Å². The third-order valence-electron chi connectivity index (χ3n) is 4.60. The van der Waals surface area contributed by atoms with E-state index in [2.05, 4.69) is 15.9 Å². The lowest BCUT2D eigenvalue weighted by atomic mass is 9.98. The Morgan fingerprint density at radius 1 is 1.35 bits per heavy atom. The second-order valence-electron chi connectivity index (χ2n) is 5.84. The van der Waals surface area contributed by atoms with Crippen LogP contribution in [-0.2, 0) is 0 Å². The molecule has 1 aromatic carbocycles. The molecule has 0 aromatic heterocycles. The summed E-state index contributed by atoms with van der Waals surface area (Å²) in [5.74, 6) is 1.29. The molecule has 3 rings (SSSR count). The number of benzene rings is 1. The van der Waals surface area contributed by atoms with E-state index in [0.717, 1.165) is 35.1 Å². The van der Waals surface area contributed by atoms with Gasteiger partial charge in [-0.2, -0.15) is 0 Å². The number of fused-ring (bicyclic) bond motifs is 1. The summed E-state index contributed by atoms with van der Waals surface area (Å²) in [5, 5.41) is 0. The van der Waals surface area contributed by atoms with Gasteiger partial charge in [-0.15, -0.1) is 12.4 Å². The van der Waals surface area contributed by atoms with Crippen molar-refractivity contribution in [1.29, 1.82) is 0 Å². The Hall–Kier alpha value is -0.580. The fourth-order valence-corrected chi connectivity index (χ4v) is 3.68. The predicted molar refractivity (Wildman–Crippen MR) is 86.2 cm³/mol. The Labute approximate surface area is 134 Å². The van der Waals surface area contributed by atoms with E-state index < -0.39 is 0 Å². The van der Waals surface area contributed by atoms with E-state index in [9.17, 15) is 4.79 Å². The number of nitrogens with two attached hydrogens (primary N) is 1. The number of carbonyl (C=O) groups is 1. The maximum absolute atomic E-state index is 12.5. The van der Waals surface area contributed by atoms with Crippen LogP contribution in [0.5, 0.6) is 0 Å². The number of likely N-dealkylation sites (tertiary alicyclic amines) is 1. The summed E-state index contributed by atoms with van der Waals surface area (Å²) in [4.78, 5) is 14.5. The van der Waals surface area contributed by atoms with Crippen molar-refractivity contribution in [3.05, 3.63) is 33.8 Å². The molecular weight excluding hydrogens is 340 g/mol.